The number of carboxylic acids is 1. The quantitative estimate of drug-likeness (QED) is 0.452. The van der Waals surface area contributed by atoms with Crippen LogP contribution in [0.25, 0.3) is 11.0 Å². The molecule has 0 saturated heterocycles. The van der Waals surface area contributed by atoms with E-state index in [-0.39, 0.29) is 17.9 Å². The molecule has 1 aromatic heterocycles. The third-order valence-electron chi connectivity index (χ3n) is 5.72. The number of carboxylic acid groups (broad SMARTS) is 1. The van der Waals surface area contributed by atoms with E-state index in [0.717, 1.165) is 46.7 Å². The maximum Gasteiger partial charge on any atom is 0.327 e. The molecular formula is C23H25NO6S2. The summed E-state index contributed by atoms with van der Waals surface area (Å²) in [5.74, 6) is 0.0880. The Morgan fingerprint density at radius 3 is 2.56 bits per heavy atom. The number of hydrogen-bond acceptors (Lipinski definition) is 4. The number of aryl methyl sites for hydroxylation is 2. The Bertz CT molecular complexity index is 1160. The van der Waals surface area contributed by atoms with Crippen LogP contribution in [0.4, 0.5) is 5.69 Å². The summed E-state index contributed by atoms with van der Waals surface area (Å²) in [6, 6.07) is 13.1. The van der Waals surface area contributed by atoms with Gasteiger partial charge in [0.25, 0.3) is 11.3 Å². The van der Waals surface area contributed by atoms with Gasteiger partial charge in [0, 0.05) is 45.7 Å². The van der Waals surface area contributed by atoms with Crippen molar-refractivity contribution in [3.05, 3.63) is 65.4 Å². The highest BCUT2D eigenvalue weighted by molar-refractivity contribution is 7.84. The Hall–Kier alpha value is -2.49. The minimum atomic E-state index is -2.58. The normalized spacial score (nSPS) is 16.3. The van der Waals surface area contributed by atoms with E-state index in [0.29, 0.717) is 11.3 Å². The zero-order chi connectivity index (χ0) is 22.7. The van der Waals surface area contributed by atoms with Crippen LogP contribution in [-0.4, -0.2) is 35.8 Å². The van der Waals surface area contributed by atoms with Crippen LogP contribution in [-0.2, 0) is 45.5 Å². The number of carbonyl (C=O) groups is 1. The van der Waals surface area contributed by atoms with Gasteiger partial charge in [-0.15, -0.1) is 0 Å². The van der Waals surface area contributed by atoms with E-state index in [1.54, 1.807) is 12.1 Å². The van der Waals surface area contributed by atoms with E-state index in [1.807, 2.05) is 36.4 Å². The minimum absolute atomic E-state index is 0.0340. The molecular weight excluding hydrogens is 450 g/mol. The third-order valence-corrected chi connectivity index (χ3v) is 7.87. The van der Waals surface area contributed by atoms with Crippen LogP contribution in [0.2, 0.25) is 0 Å². The van der Waals surface area contributed by atoms with Crippen LogP contribution in [0, 0.1) is 0 Å². The van der Waals surface area contributed by atoms with Gasteiger partial charge in [0.05, 0.1) is 5.69 Å². The van der Waals surface area contributed by atoms with E-state index in [1.165, 1.54) is 5.56 Å². The first-order valence-electron chi connectivity index (χ1n) is 10.5. The summed E-state index contributed by atoms with van der Waals surface area (Å²) in [6.45, 7) is 0. The Morgan fingerprint density at radius 2 is 1.84 bits per heavy atom. The van der Waals surface area contributed by atoms with Crippen molar-refractivity contribution >= 4 is 44.7 Å². The van der Waals surface area contributed by atoms with Crippen LogP contribution < -0.4 is 4.31 Å². The largest absolute Gasteiger partial charge is 0.480 e. The van der Waals surface area contributed by atoms with Gasteiger partial charge in [0.2, 0.25) is 0 Å². The second-order valence-corrected chi connectivity index (χ2v) is 10.3. The molecule has 1 heterocycles. The van der Waals surface area contributed by atoms with Gasteiger partial charge in [-0.05, 0) is 43.4 Å². The molecule has 4 rings (SSSR count). The Balaban J connectivity index is 1.55. The summed E-state index contributed by atoms with van der Waals surface area (Å²) >= 11 is -2.58. The maximum atomic E-state index is 12.5. The summed E-state index contributed by atoms with van der Waals surface area (Å²) < 4.78 is 41.5. The maximum absolute atomic E-state index is 12.5. The zero-order valence-corrected chi connectivity index (χ0v) is 19.1. The fourth-order valence-corrected chi connectivity index (χ4v) is 6.09. The molecule has 2 N–H and O–H groups in total. The lowest BCUT2D eigenvalue weighted by Gasteiger charge is -2.26. The summed E-state index contributed by atoms with van der Waals surface area (Å²) in [6.07, 6.45) is 3.92. The molecule has 32 heavy (non-hydrogen) atoms. The smallest absolute Gasteiger partial charge is 0.327 e. The highest BCUT2D eigenvalue weighted by Crippen LogP contribution is 2.35. The molecule has 3 atom stereocenters. The molecule has 1 aliphatic carbocycles. The molecule has 170 valence electrons. The van der Waals surface area contributed by atoms with Crippen molar-refractivity contribution in [3.63, 3.8) is 0 Å². The Kier molecular flexibility index (Phi) is 7.07. The second kappa shape index (κ2) is 9.97. The highest BCUT2D eigenvalue weighted by atomic mass is 32.2. The van der Waals surface area contributed by atoms with Gasteiger partial charge in [0.15, 0.2) is 0 Å². The van der Waals surface area contributed by atoms with Crippen molar-refractivity contribution in [2.45, 2.75) is 43.9 Å². The number of hydrogen-bond donors (Lipinski definition) is 2. The van der Waals surface area contributed by atoms with Crippen molar-refractivity contribution in [1.29, 1.82) is 0 Å². The molecule has 2 aromatic carbocycles. The van der Waals surface area contributed by atoms with Crippen molar-refractivity contribution < 1.29 is 27.3 Å². The fraction of sp³-hybridized carbons (Fsp3) is 0.348. The summed E-state index contributed by atoms with van der Waals surface area (Å²) in [5.41, 5.74) is 2.93. The number of fused-ring (bicyclic) bond motifs is 3. The predicted octanol–water partition coefficient (Wildman–Crippen LogP) is 4.05. The van der Waals surface area contributed by atoms with Gasteiger partial charge in [-0.1, -0.05) is 30.3 Å². The molecule has 9 heteroatoms. The van der Waals surface area contributed by atoms with Gasteiger partial charge in [-0.25, -0.2) is 9.00 Å². The van der Waals surface area contributed by atoms with Crippen molar-refractivity contribution in [3.8, 4) is 0 Å². The van der Waals surface area contributed by atoms with Gasteiger partial charge in [-0.3, -0.25) is 13.1 Å². The minimum Gasteiger partial charge on any atom is -0.480 e. The lowest BCUT2D eigenvalue weighted by molar-refractivity contribution is -0.138. The monoisotopic (exact) mass is 475 g/mol. The fourth-order valence-electron chi connectivity index (χ4n) is 4.19. The highest BCUT2D eigenvalue weighted by Gasteiger charge is 2.31. The van der Waals surface area contributed by atoms with Crippen molar-refractivity contribution in [1.82, 2.24) is 0 Å². The van der Waals surface area contributed by atoms with E-state index in [2.05, 4.69) is 0 Å². The van der Waals surface area contributed by atoms with Gasteiger partial charge in [-0.2, -0.15) is 0 Å². The number of nitrogens with zero attached hydrogens (tertiary/aromatic N) is 1. The standard InChI is InChI=1S/C23H25NO6S2/c25-23(26)20(12-13-31(27)15-16-6-2-1-3-7-16)24(32(28)29)17-10-11-19-18-8-4-5-9-21(18)30-22(19)14-17/h1-3,6-7,10-11,14,20H,4-5,8-9,12-13,15H2,(H,25,26)(H,28,29). The van der Waals surface area contributed by atoms with Gasteiger partial charge < -0.3 is 9.52 Å². The van der Waals surface area contributed by atoms with Crippen LogP contribution >= 0.6 is 0 Å². The Labute approximate surface area is 191 Å². The molecule has 7 nitrogen and oxygen atoms in total. The van der Waals surface area contributed by atoms with Crippen molar-refractivity contribution in [2.24, 2.45) is 0 Å². The Morgan fingerprint density at radius 1 is 1.09 bits per heavy atom. The number of benzene rings is 2. The zero-order valence-electron chi connectivity index (χ0n) is 17.4. The van der Waals surface area contributed by atoms with Crippen LogP contribution in [0.15, 0.2) is 52.9 Å². The predicted molar refractivity (Wildman–Crippen MR) is 125 cm³/mol. The number of anilines is 1. The lowest BCUT2D eigenvalue weighted by Crippen LogP contribution is -2.43. The number of rotatable bonds is 9. The van der Waals surface area contributed by atoms with Crippen LogP contribution in [0.5, 0.6) is 0 Å². The third kappa shape index (κ3) is 4.95. The second-order valence-electron chi connectivity index (χ2n) is 7.86. The van der Waals surface area contributed by atoms with Gasteiger partial charge >= 0.3 is 5.97 Å². The van der Waals surface area contributed by atoms with Gasteiger partial charge in [0.1, 0.15) is 17.4 Å². The first-order chi connectivity index (χ1) is 15.4. The van der Waals surface area contributed by atoms with Crippen LogP contribution in [0.3, 0.4) is 0 Å². The lowest BCUT2D eigenvalue weighted by atomic mass is 9.96. The number of aliphatic carboxylic acids is 1. The molecule has 0 bridgehead atoms. The molecule has 0 fully saturated rings. The summed E-state index contributed by atoms with van der Waals surface area (Å²) in [7, 11) is -1.30. The van der Waals surface area contributed by atoms with E-state index >= 15 is 0 Å². The van der Waals surface area contributed by atoms with E-state index in [4.69, 9.17) is 4.42 Å². The average molecular weight is 476 g/mol. The van der Waals surface area contributed by atoms with E-state index in [9.17, 15) is 22.9 Å². The molecule has 0 radical (unpaired) electrons. The summed E-state index contributed by atoms with van der Waals surface area (Å²) in [5, 5.41) is 10.8. The molecule has 0 amide bonds. The molecule has 0 spiro atoms. The topological polar surface area (TPSA) is 108 Å². The average Bonchev–Trinajstić information content (AvgIpc) is 3.14. The molecule has 3 unspecified atom stereocenters. The van der Waals surface area contributed by atoms with E-state index < -0.39 is 34.1 Å². The van der Waals surface area contributed by atoms with Crippen molar-refractivity contribution in [2.75, 3.05) is 10.1 Å². The summed E-state index contributed by atoms with van der Waals surface area (Å²) in [4.78, 5) is 12.0. The first kappa shape index (κ1) is 22.7. The first-order valence-corrected chi connectivity index (χ1v) is 13.1. The molecule has 1 aliphatic rings. The number of furan rings is 1. The molecule has 3 aromatic rings. The molecule has 0 aliphatic heterocycles. The molecule has 0 saturated carbocycles. The SMILES string of the molecule is O=C(O)C(CCS(=O)Cc1ccccc1)N(c1ccc2c3c(oc2c1)CCCC3)S(=O)O. The van der Waals surface area contributed by atoms with Crippen LogP contribution in [0.1, 0.15) is 36.1 Å².